The number of hydrogen-bond donors (Lipinski definition) is 0. The molecular weight excluding hydrogens is 669 g/mol. The van der Waals surface area contributed by atoms with Gasteiger partial charge in [-0.05, 0) is 80.6 Å². The van der Waals surface area contributed by atoms with Gasteiger partial charge in [-0.25, -0.2) is 15.0 Å². The van der Waals surface area contributed by atoms with Crippen LogP contribution in [0.4, 0.5) is 0 Å². The molecule has 0 atom stereocenters. The number of benzene rings is 8. The maximum Gasteiger partial charge on any atom is 0.137 e. The van der Waals surface area contributed by atoms with E-state index in [4.69, 9.17) is 15.0 Å². The van der Waals surface area contributed by atoms with Crippen LogP contribution in [0.1, 0.15) is 0 Å². The quantitative estimate of drug-likeness (QED) is 0.168. The zero-order valence-corrected chi connectivity index (χ0v) is 29.8. The predicted molar refractivity (Wildman–Crippen MR) is 228 cm³/mol. The molecule has 256 valence electrons. The number of rotatable bonds is 5. The number of nitrogens with zero attached hydrogens (tertiary/aromatic N) is 4. The van der Waals surface area contributed by atoms with Crippen molar-refractivity contribution in [3.63, 3.8) is 0 Å². The van der Waals surface area contributed by atoms with Crippen LogP contribution in [-0.2, 0) is 0 Å². The summed E-state index contributed by atoms with van der Waals surface area (Å²) in [4.78, 5) is 15.9. The monoisotopic (exact) mass is 700 g/mol. The minimum Gasteiger partial charge on any atom is -0.299 e. The number of imidazole rings is 1. The van der Waals surface area contributed by atoms with Gasteiger partial charge in [0, 0.05) is 28.1 Å². The number of aromatic nitrogens is 4. The Balaban J connectivity index is 1.22. The highest BCUT2D eigenvalue weighted by Gasteiger charge is 2.20. The minimum atomic E-state index is 0.849. The van der Waals surface area contributed by atoms with Crippen LogP contribution in [-0.4, -0.2) is 19.4 Å². The highest BCUT2D eigenvalue weighted by Crippen LogP contribution is 2.42. The molecular formula is C51H32N4. The van der Waals surface area contributed by atoms with E-state index in [0.29, 0.717) is 0 Å². The fraction of sp³-hybridized carbons (Fsp3) is 0. The third kappa shape index (κ3) is 5.19. The van der Waals surface area contributed by atoms with Crippen LogP contribution in [0, 0.1) is 0 Å². The Hall–Kier alpha value is -7.43. The van der Waals surface area contributed by atoms with Crippen molar-refractivity contribution in [2.45, 2.75) is 0 Å². The van der Waals surface area contributed by atoms with Gasteiger partial charge in [-0.2, -0.15) is 0 Å². The summed E-state index contributed by atoms with van der Waals surface area (Å²) in [5, 5.41) is 4.65. The Bertz CT molecular complexity index is 3230. The summed E-state index contributed by atoms with van der Waals surface area (Å²) in [6.07, 6.45) is 2.12. The molecule has 3 aromatic heterocycles. The first-order valence-corrected chi connectivity index (χ1v) is 18.6. The second-order valence-corrected chi connectivity index (χ2v) is 14.0. The molecule has 0 saturated carbocycles. The molecule has 0 spiro atoms. The van der Waals surface area contributed by atoms with Gasteiger partial charge in [0.1, 0.15) is 5.65 Å². The lowest BCUT2D eigenvalue weighted by atomic mass is 9.90. The summed E-state index contributed by atoms with van der Waals surface area (Å²) < 4.78 is 2.22. The van der Waals surface area contributed by atoms with Gasteiger partial charge in [-0.1, -0.05) is 152 Å². The van der Waals surface area contributed by atoms with E-state index >= 15 is 0 Å². The van der Waals surface area contributed by atoms with Crippen molar-refractivity contribution < 1.29 is 0 Å². The van der Waals surface area contributed by atoms with Crippen LogP contribution >= 0.6 is 0 Å². The van der Waals surface area contributed by atoms with E-state index in [9.17, 15) is 0 Å². The molecule has 55 heavy (non-hydrogen) atoms. The molecule has 0 saturated heterocycles. The molecule has 0 aliphatic carbocycles. The summed E-state index contributed by atoms with van der Waals surface area (Å²) in [7, 11) is 0. The minimum absolute atomic E-state index is 0.849. The van der Waals surface area contributed by atoms with Crippen molar-refractivity contribution in [2.24, 2.45) is 0 Å². The largest absolute Gasteiger partial charge is 0.299 e. The standard InChI is InChI=1S/C51H32N4/c1-5-15-33(16-6-1)37-24-26-39-43(29-37)44-30-38(25-27-40(44)51-50(39)54-47-23-13-14-28-55(47)51)42-32-46-45(31-41(42)34-17-7-2-8-18-34)52-48(35-19-9-3-10-20-35)49(53-46)36-21-11-4-12-22-36/h1-32H. The highest BCUT2D eigenvalue weighted by atomic mass is 15.0. The molecule has 0 unspecified atom stereocenters. The van der Waals surface area contributed by atoms with Gasteiger partial charge in [0.2, 0.25) is 0 Å². The summed E-state index contributed by atoms with van der Waals surface area (Å²) in [5.74, 6) is 0. The normalized spacial score (nSPS) is 11.6. The predicted octanol–water partition coefficient (Wildman–Crippen LogP) is 13.1. The molecule has 0 fully saturated rings. The van der Waals surface area contributed by atoms with E-state index in [0.717, 1.165) is 83.3 Å². The molecule has 0 amide bonds. The Morgan fingerprint density at radius 2 is 0.818 bits per heavy atom. The molecule has 8 aromatic carbocycles. The maximum absolute atomic E-state index is 5.39. The van der Waals surface area contributed by atoms with Crippen LogP contribution < -0.4 is 0 Å². The van der Waals surface area contributed by atoms with E-state index in [1.165, 1.54) is 21.9 Å². The SMILES string of the molecule is c1ccc(-c2ccc3c(c2)c2cc(-c4cc5nc(-c6ccccc6)c(-c6ccccc6)nc5cc4-c4ccccc4)ccc2c2c3nc3ccccn32)cc1. The molecule has 4 heteroatoms. The van der Waals surface area contributed by atoms with Gasteiger partial charge in [0.05, 0.1) is 33.5 Å². The van der Waals surface area contributed by atoms with Crippen molar-refractivity contribution in [1.29, 1.82) is 0 Å². The first-order valence-electron chi connectivity index (χ1n) is 18.6. The van der Waals surface area contributed by atoms with Crippen molar-refractivity contribution >= 4 is 49.3 Å². The zero-order chi connectivity index (χ0) is 36.3. The Labute approximate surface area is 317 Å². The van der Waals surface area contributed by atoms with Gasteiger partial charge < -0.3 is 0 Å². The van der Waals surface area contributed by atoms with E-state index < -0.39 is 0 Å². The van der Waals surface area contributed by atoms with E-state index in [2.05, 4.69) is 187 Å². The second kappa shape index (κ2) is 12.6. The average molecular weight is 701 g/mol. The molecule has 0 aliphatic rings. The Kier molecular flexibility index (Phi) is 7.14. The first-order chi connectivity index (χ1) is 27.3. The third-order valence-corrected chi connectivity index (χ3v) is 10.8. The molecule has 3 heterocycles. The second-order valence-electron chi connectivity index (χ2n) is 14.0. The fourth-order valence-electron chi connectivity index (χ4n) is 8.16. The molecule has 0 radical (unpaired) electrons. The lowest BCUT2D eigenvalue weighted by Gasteiger charge is -2.16. The maximum atomic E-state index is 5.39. The van der Waals surface area contributed by atoms with Crippen LogP contribution in [0.25, 0.3) is 105 Å². The summed E-state index contributed by atoms with van der Waals surface area (Å²) >= 11 is 0. The first kappa shape index (κ1) is 31.1. The van der Waals surface area contributed by atoms with Gasteiger partial charge >= 0.3 is 0 Å². The Morgan fingerprint density at radius 3 is 1.45 bits per heavy atom. The zero-order valence-electron chi connectivity index (χ0n) is 29.8. The van der Waals surface area contributed by atoms with E-state index in [-0.39, 0.29) is 0 Å². The molecule has 0 bridgehead atoms. The van der Waals surface area contributed by atoms with Crippen molar-refractivity contribution in [1.82, 2.24) is 19.4 Å². The van der Waals surface area contributed by atoms with Crippen molar-refractivity contribution in [3.8, 4) is 55.9 Å². The van der Waals surface area contributed by atoms with E-state index in [1.807, 2.05) is 12.1 Å². The van der Waals surface area contributed by atoms with Gasteiger partial charge in [-0.15, -0.1) is 0 Å². The topological polar surface area (TPSA) is 43.1 Å². The average Bonchev–Trinajstić information content (AvgIpc) is 3.66. The smallest absolute Gasteiger partial charge is 0.137 e. The van der Waals surface area contributed by atoms with Crippen molar-refractivity contribution in [3.05, 3.63) is 194 Å². The fourth-order valence-corrected chi connectivity index (χ4v) is 8.16. The number of fused-ring (bicyclic) bond motifs is 9. The Morgan fingerprint density at radius 1 is 0.327 bits per heavy atom. The van der Waals surface area contributed by atoms with Crippen LogP contribution in [0.2, 0.25) is 0 Å². The van der Waals surface area contributed by atoms with Gasteiger partial charge in [0.25, 0.3) is 0 Å². The van der Waals surface area contributed by atoms with Gasteiger partial charge in [0.15, 0.2) is 0 Å². The molecule has 11 aromatic rings. The van der Waals surface area contributed by atoms with Crippen LogP contribution in [0.15, 0.2) is 194 Å². The number of pyridine rings is 1. The lowest BCUT2D eigenvalue weighted by Crippen LogP contribution is -1.97. The molecule has 4 nitrogen and oxygen atoms in total. The highest BCUT2D eigenvalue weighted by molar-refractivity contribution is 6.25. The summed E-state index contributed by atoms with van der Waals surface area (Å²) in [6.45, 7) is 0. The third-order valence-electron chi connectivity index (χ3n) is 10.8. The molecule has 11 rings (SSSR count). The molecule has 0 aliphatic heterocycles. The van der Waals surface area contributed by atoms with Gasteiger partial charge in [-0.3, -0.25) is 4.40 Å². The summed E-state index contributed by atoms with van der Waals surface area (Å²) in [6, 6.07) is 66.4. The summed E-state index contributed by atoms with van der Waals surface area (Å²) in [5.41, 5.74) is 15.4. The number of hydrogen-bond acceptors (Lipinski definition) is 3. The van der Waals surface area contributed by atoms with Crippen LogP contribution in [0.3, 0.4) is 0 Å². The lowest BCUT2D eigenvalue weighted by molar-refractivity contribution is 1.23. The van der Waals surface area contributed by atoms with E-state index in [1.54, 1.807) is 0 Å². The molecule has 0 N–H and O–H groups in total. The van der Waals surface area contributed by atoms with Crippen molar-refractivity contribution in [2.75, 3.05) is 0 Å². The van der Waals surface area contributed by atoms with Crippen LogP contribution in [0.5, 0.6) is 0 Å².